The minimum atomic E-state index is 0.930. The van der Waals surface area contributed by atoms with Crippen LogP contribution in [-0.2, 0) is 12.8 Å². The number of hydroxylamine groups is 2. The number of fused-ring (bicyclic) bond motifs is 1. The highest BCUT2D eigenvalue weighted by Crippen LogP contribution is 2.41. The number of aryl methyl sites for hydroxylation is 2. The third-order valence-corrected chi connectivity index (χ3v) is 3.31. The van der Waals surface area contributed by atoms with Crippen LogP contribution in [0.25, 0.3) is 0 Å². The number of unbranched alkanes of at least 4 members (excludes halogenated alkanes) is 2. The molecule has 0 saturated heterocycles. The number of rotatable bonds is 6. The largest absolute Gasteiger partial charge is 0.367 e. The molecule has 0 saturated carbocycles. The van der Waals surface area contributed by atoms with Crippen molar-refractivity contribution in [2.75, 3.05) is 7.05 Å². The maximum atomic E-state index is 5.67. The molecule has 3 nitrogen and oxygen atoms in total. The van der Waals surface area contributed by atoms with E-state index in [1.165, 1.54) is 42.0 Å². The molecule has 20 heavy (non-hydrogen) atoms. The van der Waals surface area contributed by atoms with Gasteiger partial charge in [-0.2, -0.15) is 0 Å². The van der Waals surface area contributed by atoms with E-state index in [1.54, 1.807) is 7.05 Å². The predicted molar refractivity (Wildman–Crippen MR) is 84.0 cm³/mol. The molecule has 1 heterocycles. The van der Waals surface area contributed by atoms with Gasteiger partial charge in [0.05, 0.1) is 7.05 Å². The van der Waals surface area contributed by atoms with Gasteiger partial charge in [0.1, 0.15) is 0 Å². The second-order valence-corrected chi connectivity index (χ2v) is 4.87. The lowest BCUT2D eigenvalue weighted by Crippen LogP contribution is -2.19. The smallest absolute Gasteiger partial charge is 0.199 e. The first kappa shape index (κ1) is 16.8. The SMILES string of the molecule is CC.CCCCc1ccc(CCCC)c2c1ON(C)O2. The Kier molecular flexibility index (Phi) is 7.45. The van der Waals surface area contributed by atoms with Crippen molar-refractivity contribution in [1.82, 2.24) is 5.23 Å². The average Bonchev–Trinajstić information content (AvgIpc) is 2.87. The first-order chi connectivity index (χ1) is 9.76. The third-order valence-electron chi connectivity index (χ3n) is 3.31. The Morgan fingerprint density at radius 2 is 1.25 bits per heavy atom. The Bertz CT molecular complexity index is 367. The second-order valence-electron chi connectivity index (χ2n) is 4.87. The van der Waals surface area contributed by atoms with Gasteiger partial charge >= 0.3 is 0 Å². The van der Waals surface area contributed by atoms with Gasteiger partial charge in [0.25, 0.3) is 0 Å². The van der Waals surface area contributed by atoms with E-state index in [0.717, 1.165) is 24.3 Å². The summed E-state index contributed by atoms with van der Waals surface area (Å²) in [5, 5.41) is 1.45. The van der Waals surface area contributed by atoms with Crippen LogP contribution in [0.3, 0.4) is 0 Å². The molecule has 0 bridgehead atoms. The van der Waals surface area contributed by atoms with E-state index < -0.39 is 0 Å². The normalized spacial score (nSPS) is 13.1. The van der Waals surface area contributed by atoms with Gasteiger partial charge in [-0.05, 0) is 25.7 Å². The predicted octanol–water partition coefficient (Wildman–Crippen LogP) is 4.93. The maximum absolute atomic E-state index is 5.67. The molecule has 114 valence electrons. The number of hydrogen-bond acceptors (Lipinski definition) is 3. The lowest BCUT2D eigenvalue weighted by atomic mass is 10.0. The van der Waals surface area contributed by atoms with Gasteiger partial charge in [0.15, 0.2) is 11.5 Å². The fourth-order valence-corrected chi connectivity index (χ4v) is 2.25. The van der Waals surface area contributed by atoms with Crippen molar-refractivity contribution in [2.45, 2.75) is 66.2 Å². The summed E-state index contributed by atoms with van der Waals surface area (Å²) in [6, 6.07) is 4.39. The molecule has 0 radical (unpaired) electrons. The van der Waals surface area contributed by atoms with E-state index in [0.29, 0.717) is 0 Å². The van der Waals surface area contributed by atoms with Gasteiger partial charge in [-0.3, -0.25) is 0 Å². The molecule has 3 heteroatoms. The van der Waals surface area contributed by atoms with Crippen molar-refractivity contribution >= 4 is 0 Å². The van der Waals surface area contributed by atoms with Gasteiger partial charge < -0.3 is 9.68 Å². The highest BCUT2D eigenvalue weighted by molar-refractivity contribution is 5.53. The molecule has 0 fully saturated rings. The first-order valence-electron chi connectivity index (χ1n) is 8.00. The zero-order valence-corrected chi connectivity index (χ0v) is 13.7. The van der Waals surface area contributed by atoms with Crippen LogP contribution in [0, 0.1) is 0 Å². The maximum Gasteiger partial charge on any atom is 0.199 e. The van der Waals surface area contributed by atoms with Crippen LogP contribution in [0.2, 0.25) is 0 Å². The quantitative estimate of drug-likeness (QED) is 0.737. The average molecular weight is 279 g/mol. The summed E-state index contributed by atoms with van der Waals surface area (Å²) in [4.78, 5) is 11.3. The summed E-state index contributed by atoms with van der Waals surface area (Å²) in [6.07, 6.45) is 6.89. The van der Waals surface area contributed by atoms with Gasteiger partial charge in [0.2, 0.25) is 0 Å². The molecule has 0 amide bonds. The number of benzene rings is 1. The summed E-state index contributed by atoms with van der Waals surface area (Å²) in [5.41, 5.74) is 2.52. The Labute approximate surface area is 123 Å². The van der Waals surface area contributed by atoms with Crippen LogP contribution in [0.1, 0.15) is 64.5 Å². The molecule has 1 aromatic rings. The lowest BCUT2D eigenvalue weighted by molar-refractivity contribution is -0.204. The van der Waals surface area contributed by atoms with Crippen LogP contribution in [0.4, 0.5) is 0 Å². The molecular formula is C17H29NO2. The van der Waals surface area contributed by atoms with Crippen LogP contribution in [0.15, 0.2) is 12.1 Å². The molecule has 0 N–H and O–H groups in total. The molecule has 0 unspecified atom stereocenters. The standard InChI is InChI=1S/C15H23NO2.C2H6/c1-4-6-8-12-10-11-13(9-7-5-2)15-14(12)17-16(3)18-15;1-2/h10-11H,4-9H2,1-3H3;1-2H3. The van der Waals surface area contributed by atoms with Gasteiger partial charge in [-0.25, -0.2) is 0 Å². The van der Waals surface area contributed by atoms with Crippen molar-refractivity contribution in [2.24, 2.45) is 0 Å². The van der Waals surface area contributed by atoms with Crippen LogP contribution in [-0.4, -0.2) is 12.3 Å². The molecule has 0 atom stereocenters. The molecule has 0 spiro atoms. The van der Waals surface area contributed by atoms with Crippen LogP contribution >= 0.6 is 0 Å². The molecular weight excluding hydrogens is 250 g/mol. The van der Waals surface area contributed by atoms with Crippen LogP contribution in [0.5, 0.6) is 11.5 Å². The topological polar surface area (TPSA) is 21.7 Å². The summed E-state index contributed by atoms with van der Waals surface area (Å²) in [7, 11) is 1.80. The van der Waals surface area contributed by atoms with Crippen molar-refractivity contribution in [1.29, 1.82) is 0 Å². The molecule has 1 aliphatic rings. The van der Waals surface area contributed by atoms with Gasteiger partial charge in [0, 0.05) is 16.4 Å². The summed E-state index contributed by atoms with van der Waals surface area (Å²) >= 11 is 0. The summed E-state index contributed by atoms with van der Waals surface area (Å²) < 4.78 is 0. The Balaban J connectivity index is 0.000000956. The molecule has 0 aromatic heterocycles. The monoisotopic (exact) mass is 279 g/mol. The van der Waals surface area contributed by atoms with Crippen molar-refractivity contribution < 1.29 is 9.68 Å². The Hall–Kier alpha value is -1.22. The van der Waals surface area contributed by atoms with Crippen molar-refractivity contribution in [3.05, 3.63) is 23.3 Å². The third kappa shape index (κ3) is 4.14. The zero-order chi connectivity index (χ0) is 15.0. The minimum absolute atomic E-state index is 0.930. The summed E-state index contributed by atoms with van der Waals surface area (Å²) in [5.74, 6) is 1.86. The molecule has 0 aliphatic carbocycles. The van der Waals surface area contributed by atoms with Gasteiger partial charge in [-0.15, -0.1) is 0 Å². The molecule has 1 aromatic carbocycles. The fourth-order valence-electron chi connectivity index (χ4n) is 2.25. The zero-order valence-electron chi connectivity index (χ0n) is 13.7. The fraction of sp³-hybridized carbons (Fsp3) is 0.647. The van der Waals surface area contributed by atoms with E-state index >= 15 is 0 Å². The molecule has 2 rings (SSSR count). The number of nitrogens with zero attached hydrogens (tertiary/aromatic N) is 1. The van der Waals surface area contributed by atoms with E-state index in [1.807, 2.05) is 13.8 Å². The van der Waals surface area contributed by atoms with Crippen molar-refractivity contribution in [3.63, 3.8) is 0 Å². The molecule has 1 aliphatic heterocycles. The van der Waals surface area contributed by atoms with E-state index in [-0.39, 0.29) is 0 Å². The highest BCUT2D eigenvalue weighted by Gasteiger charge is 2.25. The second kappa shape index (κ2) is 8.85. The lowest BCUT2D eigenvalue weighted by Gasteiger charge is -2.07. The minimum Gasteiger partial charge on any atom is -0.367 e. The Morgan fingerprint density at radius 1 is 0.850 bits per heavy atom. The van der Waals surface area contributed by atoms with Crippen LogP contribution < -0.4 is 9.68 Å². The number of hydrogen-bond donors (Lipinski definition) is 0. The first-order valence-corrected chi connectivity index (χ1v) is 8.00. The highest BCUT2D eigenvalue weighted by atomic mass is 17.0. The summed E-state index contributed by atoms with van der Waals surface area (Å²) in [6.45, 7) is 8.42. The Morgan fingerprint density at radius 3 is 1.60 bits per heavy atom. The van der Waals surface area contributed by atoms with Gasteiger partial charge in [-0.1, -0.05) is 52.7 Å². The van der Waals surface area contributed by atoms with E-state index in [9.17, 15) is 0 Å². The van der Waals surface area contributed by atoms with E-state index in [2.05, 4.69) is 26.0 Å². The van der Waals surface area contributed by atoms with E-state index in [4.69, 9.17) is 9.68 Å². The van der Waals surface area contributed by atoms with Crippen molar-refractivity contribution in [3.8, 4) is 11.5 Å².